The van der Waals surface area contributed by atoms with Crippen molar-refractivity contribution in [3.8, 4) is 5.75 Å². The average Bonchev–Trinajstić information content (AvgIpc) is 2.24. The molecule has 1 aromatic carbocycles. The van der Waals surface area contributed by atoms with Gasteiger partial charge in [0.25, 0.3) is 5.91 Å². The van der Waals surface area contributed by atoms with Crippen molar-refractivity contribution in [1.82, 2.24) is 5.48 Å². The van der Waals surface area contributed by atoms with Crippen LogP contribution < -0.4 is 10.2 Å². The van der Waals surface area contributed by atoms with Gasteiger partial charge in [-0.1, -0.05) is 0 Å². The zero-order valence-corrected chi connectivity index (χ0v) is 10.3. The SMILES string of the molecule is COc1ccc(C(=O)NOC(C)(C)C)cc1F. The van der Waals surface area contributed by atoms with E-state index < -0.39 is 17.3 Å². The molecule has 0 aliphatic carbocycles. The standard InChI is InChI=1S/C12H16FNO3/c1-12(2,3)17-14-11(15)8-5-6-10(16-4)9(13)7-8/h5-7H,1-4H3,(H,14,15). The number of nitrogens with one attached hydrogen (secondary N) is 1. The maximum atomic E-state index is 13.3. The van der Waals surface area contributed by atoms with Crippen LogP contribution in [0.15, 0.2) is 18.2 Å². The summed E-state index contributed by atoms with van der Waals surface area (Å²) in [5, 5.41) is 0. The van der Waals surface area contributed by atoms with Crippen molar-refractivity contribution in [2.75, 3.05) is 7.11 Å². The van der Waals surface area contributed by atoms with Crippen LogP contribution >= 0.6 is 0 Å². The van der Waals surface area contributed by atoms with E-state index in [1.807, 2.05) is 0 Å². The van der Waals surface area contributed by atoms with Crippen LogP contribution in [0.2, 0.25) is 0 Å². The number of hydrogen-bond donors (Lipinski definition) is 1. The second-order valence-electron chi connectivity index (χ2n) is 4.49. The molecule has 1 N–H and O–H groups in total. The fraction of sp³-hybridized carbons (Fsp3) is 0.417. The minimum atomic E-state index is -0.587. The predicted molar refractivity (Wildman–Crippen MR) is 61.3 cm³/mol. The van der Waals surface area contributed by atoms with Gasteiger partial charge in [0.15, 0.2) is 11.6 Å². The van der Waals surface area contributed by atoms with Gasteiger partial charge in [-0.2, -0.15) is 0 Å². The Labute approximate surface area is 99.7 Å². The highest BCUT2D eigenvalue weighted by atomic mass is 19.1. The Morgan fingerprint density at radius 1 is 1.35 bits per heavy atom. The normalized spacial score (nSPS) is 11.1. The van der Waals surface area contributed by atoms with Crippen molar-refractivity contribution in [2.24, 2.45) is 0 Å². The Kier molecular flexibility index (Phi) is 4.07. The number of methoxy groups -OCH3 is 1. The molecule has 1 aromatic rings. The number of benzene rings is 1. The number of hydrogen-bond acceptors (Lipinski definition) is 3. The Morgan fingerprint density at radius 2 is 2.00 bits per heavy atom. The van der Waals surface area contributed by atoms with E-state index in [0.29, 0.717) is 0 Å². The second kappa shape index (κ2) is 5.14. The second-order valence-corrected chi connectivity index (χ2v) is 4.49. The molecule has 0 bridgehead atoms. The predicted octanol–water partition coefficient (Wildman–Crippen LogP) is 2.29. The minimum absolute atomic E-state index is 0.0956. The first-order valence-electron chi connectivity index (χ1n) is 5.15. The van der Waals surface area contributed by atoms with Gasteiger partial charge in [0, 0.05) is 5.56 Å². The van der Waals surface area contributed by atoms with Crippen LogP contribution in [0.5, 0.6) is 5.75 Å². The lowest BCUT2D eigenvalue weighted by Gasteiger charge is -2.18. The van der Waals surface area contributed by atoms with Crippen LogP contribution in [0, 0.1) is 5.82 Å². The summed E-state index contributed by atoms with van der Waals surface area (Å²) in [6.45, 7) is 5.38. The van der Waals surface area contributed by atoms with Gasteiger partial charge < -0.3 is 4.74 Å². The highest BCUT2D eigenvalue weighted by molar-refractivity contribution is 5.93. The van der Waals surface area contributed by atoms with Crippen molar-refractivity contribution in [2.45, 2.75) is 26.4 Å². The first-order valence-corrected chi connectivity index (χ1v) is 5.15. The minimum Gasteiger partial charge on any atom is -0.494 e. The topological polar surface area (TPSA) is 47.6 Å². The number of amides is 1. The van der Waals surface area contributed by atoms with E-state index >= 15 is 0 Å². The molecular weight excluding hydrogens is 225 g/mol. The van der Waals surface area contributed by atoms with Crippen LogP contribution in [0.1, 0.15) is 31.1 Å². The van der Waals surface area contributed by atoms with Crippen LogP contribution in [-0.2, 0) is 4.84 Å². The van der Waals surface area contributed by atoms with Crippen LogP contribution in [-0.4, -0.2) is 18.6 Å². The third-order valence-electron chi connectivity index (χ3n) is 1.86. The molecule has 94 valence electrons. The molecule has 5 heteroatoms. The molecule has 0 heterocycles. The molecule has 1 amide bonds. The molecule has 0 aliphatic heterocycles. The number of ether oxygens (including phenoxy) is 1. The molecule has 0 fully saturated rings. The number of carbonyl (C=O) groups excluding carboxylic acids is 1. The maximum absolute atomic E-state index is 13.3. The van der Waals surface area contributed by atoms with Gasteiger partial charge >= 0.3 is 0 Å². The summed E-state index contributed by atoms with van der Waals surface area (Å²) >= 11 is 0. The van der Waals surface area contributed by atoms with E-state index in [1.165, 1.54) is 19.2 Å². The Hall–Kier alpha value is -1.62. The van der Waals surface area contributed by atoms with Crippen molar-refractivity contribution in [3.63, 3.8) is 0 Å². The zero-order valence-electron chi connectivity index (χ0n) is 10.3. The molecule has 0 spiro atoms. The monoisotopic (exact) mass is 241 g/mol. The van der Waals surface area contributed by atoms with E-state index in [4.69, 9.17) is 9.57 Å². The number of carbonyl (C=O) groups is 1. The fourth-order valence-electron chi connectivity index (χ4n) is 1.07. The van der Waals surface area contributed by atoms with Gasteiger partial charge in [0.1, 0.15) is 0 Å². The molecule has 1 rings (SSSR count). The van der Waals surface area contributed by atoms with Gasteiger partial charge in [-0.15, -0.1) is 0 Å². The van der Waals surface area contributed by atoms with Crippen molar-refractivity contribution >= 4 is 5.91 Å². The fourth-order valence-corrected chi connectivity index (χ4v) is 1.07. The summed E-state index contributed by atoms with van der Waals surface area (Å²) in [6, 6.07) is 3.95. The van der Waals surface area contributed by atoms with Crippen LogP contribution in [0.4, 0.5) is 4.39 Å². The summed E-state index contributed by atoms with van der Waals surface area (Å²) in [5.74, 6) is -0.990. The molecule has 0 aromatic heterocycles. The largest absolute Gasteiger partial charge is 0.494 e. The lowest BCUT2D eigenvalue weighted by atomic mass is 10.2. The third-order valence-corrected chi connectivity index (χ3v) is 1.86. The van der Waals surface area contributed by atoms with Gasteiger partial charge in [-0.25, -0.2) is 9.87 Å². The molecule has 0 saturated heterocycles. The highest BCUT2D eigenvalue weighted by Gasteiger charge is 2.15. The number of halogens is 1. The summed E-state index contributed by atoms with van der Waals surface area (Å²) in [7, 11) is 1.36. The van der Waals surface area contributed by atoms with Crippen molar-refractivity contribution in [3.05, 3.63) is 29.6 Å². The van der Waals surface area contributed by atoms with Gasteiger partial charge in [-0.3, -0.25) is 9.63 Å². The lowest BCUT2D eigenvalue weighted by Crippen LogP contribution is -2.33. The molecule has 0 aliphatic rings. The van der Waals surface area contributed by atoms with Gasteiger partial charge in [-0.05, 0) is 39.0 Å². The molecule has 17 heavy (non-hydrogen) atoms. The number of hydroxylamine groups is 1. The molecule has 0 atom stereocenters. The van der Waals surface area contributed by atoms with Gasteiger partial charge in [0.05, 0.1) is 12.7 Å². The molecular formula is C12H16FNO3. The van der Waals surface area contributed by atoms with Crippen molar-refractivity contribution in [1.29, 1.82) is 0 Å². The zero-order chi connectivity index (χ0) is 13.1. The molecule has 4 nitrogen and oxygen atoms in total. The van der Waals surface area contributed by atoms with Crippen LogP contribution in [0.25, 0.3) is 0 Å². The van der Waals surface area contributed by atoms with Gasteiger partial charge in [0.2, 0.25) is 0 Å². The van der Waals surface area contributed by atoms with E-state index in [-0.39, 0.29) is 11.3 Å². The summed E-state index contributed by atoms with van der Waals surface area (Å²) in [6.07, 6.45) is 0. The maximum Gasteiger partial charge on any atom is 0.274 e. The number of rotatable bonds is 3. The highest BCUT2D eigenvalue weighted by Crippen LogP contribution is 2.17. The smallest absolute Gasteiger partial charge is 0.274 e. The average molecular weight is 241 g/mol. The van der Waals surface area contributed by atoms with Crippen molar-refractivity contribution < 1.29 is 18.8 Å². The Bertz CT molecular complexity index is 413. The summed E-state index contributed by atoms with van der Waals surface area (Å²) < 4.78 is 18.1. The Balaban J connectivity index is 2.73. The summed E-state index contributed by atoms with van der Waals surface area (Å²) in [4.78, 5) is 16.7. The third kappa shape index (κ3) is 4.03. The van der Waals surface area contributed by atoms with E-state index in [0.717, 1.165) is 6.07 Å². The quantitative estimate of drug-likeness (QED) is 0.826. The molecule has 0 saturated carbocycles. The molecule has 0 radical (unpaired) electrons. The Morgan fingerprint density at radius 3 is 2.47 bits per heavy atom. The first-order chi connectivity index (χ1) is 7.83. The van der Waals surface area contributed by atoms with Crippen LogP contribution in [0.3, 0.4) is 0 Å². The van der Waals surface area contributed by atoms with E-state index in [2.05, 4.69) is 5.48 Å². The lowest BCUT2D eigenvalue weighted by molar-refractivity contribution is -0.0589. The molecule has 0 unspecified atom stereocenters. The first kappa shape index (κ1) is 13.4. The van der Waals surface area contributed by atoms with E-state index in [9.17, 15) is 9.18 Å². The summed E-state index contributed by atoms with van der Waals surface area (Å²) in [5.41, 5.74) is 1.93. The van der Waals surface area contributed by atoms with E-state index in [1.54, 1.807) is 20.8 Å².